The first-order valence-electron chi connectivity index (χ1n) is 8.88. The molecule has 0 aliphatic carbocycles. The topological polar surface area (TPSA) is 56.8 Å². The van der Waals surface area contributed by atoms with Gasteiger partial charge in [0.1, 0.15) is 0 Å². The molecule has 1 saturated heterocycles. The Morgan fingerprint density at radius 1 is 1.24 bits per heavy atom. The van der Waals surface area contributed by atoms with Crippen molar-refractivity contribution in [2.75, 3.05) is 13.7 Å². The van der Waals surface area contributed by atoms with Gasteiger partial charge in [0.15, 0.2) is 5.79 Å². The van der Waals surface area contributed by atoms with Crippen LogP contribution in [0.4, 0.5) is 0 Å². The van der Waals surface area contributed by atoms with Gasteiger partial charge in [-0.25, -0.2) is 5.11 Å². The van der Waals surface area contributed by atoms with Crippen molar-refractivity contribution < 1.29 is 24.1 Å². The van der Waals surface area contributed by atoms with Crippen LogP contribution in [-0.4, -0.2) is 31.7 Å². The van der Waals surface area contributed by atoms with Crippen molar-refractivity contribution in [2.45, 2.75) is 64.1 Å². The minimum atomic E-state index is -0.693. The summed E-state index contributed by atoms with van der Waals surface area (Å²) in [5.41, 5.74) is 1.19. The number of unbranched alkanes of at least 4 members (excludes halogenated alkanes) is 1. The molecule has 2 atom stereocenters. The molecule has 1 aromatic carbocycles. The van der Waals surface area contributed by atoms with Crippen molar-refractivity contribution in [1.29, 1.82) is 0 Å². The number of rotatable bonds is 9. The smallest absolute Gasteiger partial charge is 0.329 e. The van der Waals surface area contributed by atoms with E-state index in [1.165, 1.54) is 18.7 Å². The van der Waals surface area contributed by atoms with E-state index in [9.17, 15) is 5.11 Å². The molecule has 2 rings (SSSR count). The Bertz CT molecular complexity index is 526. The van der Waals surface area contributed by atoms with Crippen LogP contribution in [0.2, 0.25) is 0 Å². The fourth-order valence-corrected chi connectivity index (χ4v) is 2.99. The molecule has 1 aliphatic heterocycles. The lowest BCUT2D eigenvalue weighted by Gasteiger charge is -2.39. The van der Waals surface area contributed by atoms with Crippen LogP contribution >= 0.6 is 0 Å². The summed E-state index contributed by atoms with van der Waals surface area (Å²) >= 11 is 0. The van der Waals surface area contributed by atoms with Crippen LogP contribution in [0, 0.1) is 0 Å². The molecule has 0 aromatic heterocycles. The second kappa shape index (κ2) is 9.80. The Balaban J connectivity index is 1.67. The third-order valence-electron chi connectivity index (χ3n) is 4.08. The van der Waals surface area contributed by atoms with Gasteiger partial charge in [-0.05, 0) is 38.7 Å². The fourth-order valence-electron chi connectivity index (χ4n) is 2.99. The fraction of sp³-hybridized carbons (Fsp3) is 0.600. The molecule has 0 N–H and O–H groups in total. The van der Waals surface area contributed by atoms with Gasteiger partial charge in [0, 0.05) is 19.1 Å². The van der Waals surface area contributed by atoms with Crippen molar-refractivity contribution >= 4 is 0 Å². The van der Waals surface area contributed by atoms with E-state index in [1.54, 1.807) is 0 Å². The lowest BCUT2D eigenvalue weighted by Crippen LogP contribution is -2.44. The zero-order valence-electron chi connectivity index (χ0n) is 15.4. The second-order valence-electron chi connectivity index (χ2n) is 6.76. The molecule has 0 amide bonds. The number of benzene rings is 1. The summed E-state index contributed by atoms with van der Waals surface area (Å²) in [6.45, 7) is 5.14. The predicted octanol–water partition coefficient (Wildman–Crippen LogP) is 4.20. The number of hydrogen-bond donors (Lipinski definition) is 0. The molecular formula is C20H29O5. The molecule has 0 bridgehead atoms. The Hall–Kier alpha value is -1.56. The van der Waals surface area contributed by atoms with E-state index in [4.69, 9.17) is 14.2 Å². The summed E-state index contributed by atoms with van der Waals surface area (Å²) in [7, 11) is 1.37. The SMILES string of the molecule is COC([O])=C[C@@H]1C[C@H](CCCCOCc2ccccc2)OC(C)(C)O1. The first-order valence-corrected chi connectivity index (χ1v) is 8.88. The average molecular weight is 349 g/mol. The second-order valence-corrected chi connectivity index (χ2v) is 6.76. The van der Waals surface area contributed by atoms with Gasteiger partial charge in [0.25, 0.3) is 0 Å². The highest BCUT2D eigenvalue weighted by Gasteiger charge is 2.34. The van der Waals surface area contributed by atoms with Gasteiger partial charge in [-0.15, -0.1) is 0 Å². The molecule has 1 heterocycles. The Morgan fingerprint density at radius 3 is 2.72 bits per heavy atom. The minimum absolute atomic E-state index is 0.0729. The van der Waals surface area contributed by atoms with Crippen molar-refractivity contribution in [1.82, 2.24) is 0 Å². The third kappa shape index (κ3) is 7.46. The lowest BCUT2D eigenvalue weighted by atomic mass is 10.0. The first-order chi connectivity index (χ1) is 12.0. The quantitative estimate of drug-likeness (QED) is 0.495. The molecule has 139 valence electrons. The molecule has 0 spiro atoms. The zero-order valence-corrected chi connectivity index (χ0v) is 15.4. The highest BCUT2D eigenvalue weighted by Crippen LogP contribution is 2.30. The van der Waals surface area contributed by atoms with Crippen molar-refractivity contribution in [2.24, 2.45) is 0 Å². The van der Waals surface area contributed by atoms with Gasteiger partial charge >= 0.3 is 5.95 Å². The molecule has 25 heavy (non-hydrogen) atoms. The monoisotopic (exact) mass is 349 g/mol. The molecule has 1 aliphatic rings. The van der Waals surface area contributed by atoms with Gasteiger partial charge in [0.2, 0.25) is 0 Å². The van der Waals surface area contributed by atoms with Crippen LogP contribution in [0.5, 0.6) is 0 Å². The summed E-state index contributed by atoms with van der Waals surface area (Å²) in [5.74, 6) is -1.06. The molecule has 5 nitrogen and oxygen atoms in total. The van der Waals surface area contributed by atoms with E-state index >= 15 is 0 Å². The van der Waals surface area contributed by atoms with Crippen LogP contribution in [0.25, 0.3) is 0 Å². The van der Waals surface area contributed by atoms with Crippen LogP contribution in [-0.2, 0) is 30.7 Å². The average Bonchev–Trinajstić information content (AvgIpc) is 2.57. The predicted molar refractivity (Wildman–Crippen MR) is 94.2 cm³/mol. The number of hydrogen-bond acceptors (Lipinski definition) is 4. The van der Waals surface area contributed by atoms with Gasteiger partial charge < -0.3 is 18.9 Å². The van der Waals surface area contributed by atoms with Crippen LogP contribution in [0.15, 0.2) is 42.4 Å². The van der Waals surface area contributed by atoms with Crippen molar-refractivity contribution in [3.05, 3.63) is 47.9 Å². The van der Waals surface area contributed by atoms with Crippen LogP contribution in [0.1, 0.15) is 45.1 Å². The third-order valence-corrected chi connectivity index (χ3v) is 4.08. The van der Waals surface area contributed by atoms with E-state index < -0.39 is 5.79 Å². The number of methoxy groups -OCH3 is 1. The Labute approximate surface area is 150 Å². The molecule has 1 aromatic rings. The van der Waals surface area contributed by atoms with Crippen LogP contribution < -0.4 is 0 Å². The van der Waals surface area contributed by atoms with E-state index in [0.717, 1.165) is 25.9 Å². The lowest BCUT2D eigenvalue weighted by molar-refractivity contribution is -0.291. The molecule has 0 saturated carbocycles. The summed E-state index contributed by atoms with van der Waals surface area (Å²) < 4.78 is 22.1. The van der Waals surface area contributed by atoms with Gasteiger partial charge in [-0.3, -0.25) is 0 Å². The standard InChI is InChI=1S/C20H29O5/c1-20(2)24-17(13-18(25-20)14-19(21)22-3)11-7-8-12-23-15-16-9-5-4-6-10-16/h4-6,9-10,14,17-18H,7-8,11-13,15H2,1-3H3/t17-,18-/m0/s1. The molecular weight excluding hydrogens is 320 g/mol. The van der Waals surface area contributed by atoms with E-state index in [2.05, 4.69) is 16.9 Å². The summed E-state index contributed by atoms with van der Waals surface area (Å²) in [5, 5.41) is 11.4. The highest BCUT2D eigenvalue weighted by molar-refractivity contribution is 5.13. The van der Waals surface area contributed by atoms with E-state index in [0.29, 0.717) is 13.0 Å². The highest BCUT2D eigenvalue weighted by atomic mass is 16.7. The molecule has 0 unspecified atom stereocenters. The van der Waals surface area contributed by atoms with E-state index in [1.807, 2.05) is 32.0 Å². The zero-order chi connectivity index (χ0) is 18.1. The molecule has 5 heteroatoms. The largest absolute Gasteiger partial charge is 0.466 e. The Kier molecular flexibility index (Phi) is 7.75. The Morgan fingerprint density at radius 2 is 2.00 bits per heavy atom. The molecule has 1 radical (unpaired) electrons. The van der Waals surface area contributed by atoms with Gasteiger partial charge in [0.05, 0.1) is 25.9 Å². The summed E-state index contributed by atoms with van der Waals surface area (Å²) in [4.78, 5) is 0. The van der Waals surface area contributed by atoms with Gasteiger partial charge in [-0.1, -0.05) is 30.3 Å². The maximum absolute atomic E-state index is 11.4. The van der Waals surface area contributed by atoms with Crippen molar-refractivity contribution in [3.8, 4) is 0 Å². The first kappa shape index (κ1) is 19.8. The molecule has 1 fully saturated rings. The summed E-state index contributed by atoms with van der Waals surface area (Å²) in [6.07, 6.45) is 4.88. The minimum Gasteiger partial charge on any atom is -0.466 e. The number of ether oxygens (including phenoxy) is 4. The van der Waals surface area contributed by atoms with Crippen molar-refractivity contribution in [3.63, 3.8) is 0 Å². The van der Waals surface area contributed by atoms with Crippen LogP contribution in [0.3, 0.4) is 0 Å². The maximum atomic E-state index is 11.4. The normalized spacial score (nSPS) is 23.4. The van der Waals surface area contributed by atoms with Gasteiger partial charge in [-0.2, -0.15) is 0 Å². The van der Waals surface area contributed by atoms with E-state index in [-0.39, 0.29) is 18.2 Å². The summed E-state index contributed by atoms with van der Waals surface area (Å²) in [6, 6.07) is 10.2. The maximum Gasteiger partial charge on any atom is 0.329 e.